The van der Waals surface area contributed by atoms with Gasteiger partial charge in [0.05, 0.1) is 5.75 Å². The zero-order valence-corrected chi connectivity index (χ0v) is 16.8. The second-order valence-electron chi connectivity index (χ2n) is 6.02. The molecule has 0 aliphatic heterocycles. The summed E-state index contributed by atoms with van der Waals surface area (Å²) in [5, 5.41) is 3.23. The zero-order chi connectivity index (χ0) is 19.8. The SMILES string of the molecule is CNC(=O)[C@H](C)N(Cc1ccc(F)cc1)C(=O)CSCc1ccccc1Cl. The molecule has 2 amide bonds. The first-order chi connectivity index (χ1) is 12.9. The fraction of sp³-hybridized carbons (Fsp3) is 0.300. The van der Waals surface area contributed by atoms with Gasteiger partial charge in [-0.05, 0) is 36.2 Å². The van der Waals surface area contributed by atoms with Gasteiger partial charge in [-0.1, -0.05) is 41.9 Å². The predicted octanol–water partition coefficient (Wildman–Crippen LogP) is 3.88. The van der Waals surface area contributed by atoms with E-state index in [1.807, 2.05) is 24.3 Å². The molecule has 0 saturated carbocycles. The lowest BCUT2D eigenvalue weighted by atomic mass is 10.1. The van der Waals surface area contributed by atoms with Crippen LogP contribution in [-0.2, 0) is 21.9 Å². The molecule has 27 heavy (non-hydrogen) atoms. The van der Waals surface area contributed by atoms with E-state index in [9.17, 15) is 14.0 Å². The maximum absolute atomic E-state index is 13.1. The number of rotatable bonds is 8. The summed E-state index contributed by atoms with van der Waals surface area (Å²) in [6.45, 7) is 1.92. The van der Waals surface area contributed by atoms with E-state index in [1.165, 1.54) is 35.8 Å². The van der Waals surface area contributed by atoms with Crippen molar-refractivity contribution < 1.29 is 14.0 Å². The Morgan fingerprint density at radius 3 is 2.48 bits per heavy atom. The van der Waals surface area contributed by atoms with Crippen LogP contribution in [0.15, 0.2) is 48.5 Å². The van der Waals surface area contributed by atoms with Crippen molar-refractivity contribution in [3.05, 3.63) is 70.5 Å². The van der Waals surface area contributed by atoms with Crippen molar-refractivity contribution in [2.75, 3.05) is 12.8 Å². The number of amides is 2. The Morgan fingerprint density at radius 1 is 1.19 bits per heavy atom. The molecule has 0 spiro atoms. The van der Waals surface area contributed by atoms with E-state index in [0.717, 1.165) is 11.1 Å². The molecule has 1 atom stereocenters. The Labute approximate surface area is 168 Å². The fourth-order valence-corrected chi connectivity index (χ4v) is 3.72. The number of halogens is 2. The third kappa shape index (κ3) is 6.26. The molecule has 0 aliphatic rings. The second kappa shape index (κ2) is 10.3. The lowest BCUT2D eigenvalue weighted by Gasteiger charge is -2.28. The van der Waals surface area contributed by atoms with E-state index < -0.39 is 6.04 Å². The topological polar surface area (TPSA) is 49.4 Å². The van der Waals surface area contributed by atoms with Crippen LogP contribution in [0.1, 0.15) is 18.1 Å². The molecule has 0 heterocycles. The van der Waals surface area contributed by atoms with Crippen molar-refractivity contribution in [3.63, 3.8) is 0 Å². The van der Waals surface area contributed by atoms with E-state index in [0.29, 0.717) is 10.8 Å². The zero-order valence-electron chi connectivity index (χ0n) is 15.2. The Bertz CT molecular complexity index is 786. The summed E-state index contributed by atoms with van der Waals surface area (Å²) >= 11 is 7.58. The van der Waals surface area contributed by atoms with Gasteiger partial charge in [-0.25, -0.2) is 4.39 Å². The summed E-state index contributed by atoms with van der Waals surface area (Å²) in [4.78, 5) is 26.3. The lowest BCUT2D eigenvalue weighted by Crippen LogP contribution is -2.47. The van der Waals surface area contributed by atoms with Crippen molar-refractivity contribution in [2.45, 2.75) is 25.3 Å². The van der Waals surface area contributed by atoms with Crippen LogP contribution in [0.4, 0.5) is 4.39 Å². The van der Waals surface area contributed by atoms with Gasteiger partial charge in [0, 0.05) is 24.4 Å². The first-order valence-corrected chi connectivity index (χ1v) is 10.0. The van der Waals surface area contributed by atoms with E-state index >= 15 is 0 Å². The van der Waals surface area contributed by atoms with Gasteiger partial charge in [-0.3, -0.25) is 9.59 Å². The van der Waals surface area contributed by atoms with Crippen LogP contribution >= 0.6 is 23.4 Å². The van der Waals surface area contributed by atoms with Gasteiger partial charge in [0.2, 0.25) is 11.8 Å². The summed E-state index contributed by atoms with van der Waals surface area (Å²) in [5.74, 6) is 0.0677. The average molecular weight is 409 g/mol. The number of benzene rings is 2. The van der Waals surface area contributed by atoms with Gasteiger partial charge in [0.25, 0.3) is 0 Å². The number of nitrogens with zero attached hydrogens (tertiary/aromatic N) is 1. The van der Waals surface area contributed by atoms with Crippen LogP contribution in [-0.4, -0.2) is 35.6 Å². The van der Waals surface area contributed by atoms with Gasteiger partial charge >= 0.3 is 0 Å². The molecule has 2 aromatic carbocycles. The number of carbonyl (C=O) groups is 2. The minimum absolute atomic E-state index is 0.160. The maximum Gasteiger partial charge on any atom is 0.242 e. The fourth-order valence-electron chi connectivity index (χ4n) is 2.52. The van der Waals surface area contributed by atoms with Crippen LogP contribution in [0.5, 0.6) is 0 Å². The quantitative estimate of drug-likeness (QED) is 0.721. The monoisotopic (exact) mass is 408 g/mol. The summed E-state index contributed by atoms with van der Waals surface area (Å²) in [6.07, 6.45) is 0. The first kappa shape index (κ1) is 21.3. The molecule has 0 bridgehead atoms. The molecule has 2 aromatic rings. The van der Waals surface area contributed by atoms with Crippen LogP contribution in [0.2, 0.25) is 5.02 Å². The Hall–Kier alpha value is -2.05. The van der Waals surface area contributed by atoms with Crippen molar-refractivity contribution >= 4 is 35.2 Å². The molecule has 2 rings (SSSR count). The number of thioether (sulfide) groups is 1. The molecular weight excluding hydrogens is 387 g/mol. The molecule has 1 N–H and O–H groups in total. The first-order valence-electron chi connectivity index (χ1n) is 8.49. The van der Waals surface area contributed by atoms with Crippen molar-refractivity contribution in [2.24, 2.45) is 0 Å². The van der Waals surface area contributed by atoms with Gasteiger partial charge in [-0.15, -0.1) is 11.8 Å². The van der Waals surface area contributed by atoms with Gasteiger partial charge in [0.1, 0.15) is 11.9 Å². The third-order valence-corrected chi connectivity index (χ3v) is 5.46. The summed E-state index contributed by atoms with van der Waals surface area (Å²) in [5.41, 5.74) is 1.72. The van der Waals surface area contributed by atoms with Crippen LogP contribution in [0.3, 0.4) is 0 Å². The van der Waals surface area contributed by atoms with E-state index in [2.05, 4.69) is 5.32 Å². The van der Waals surface area contributed by atoms with Crippen molar-refractivity contribution in [1.82, 2.24) is 10.2 Å². The number of hydrogen-bond acceptors (Lipinski definition) is 3. The summed E-state index contributed by atoms with van der Waals surface area (Å²) < 4.78 is 13.1. The molecule has 0 saturated heterocycles. The molecule has 7 heteroatoms. The van der Waals surface area contributed by atoms with Crippen molar-refractivity contribution in [3.8, 4) is 0 Å². The smallest absolute Gasteiger partial charge is 0.242 e. The molecule has 144 valence electrons. The van der Waals surface area contributed by atoms with Crippen LogP contribution < -0.4 is 5.32 Å². The normalized spacial score (nSPS) is 11.7. The highest BCUT2D eigenvalue weighted by Gasteiger charge is 2.25. The highest BCUT2D eigenvalue weighted by atomic mass is 35.5. The minimum atomic E-state index is -0.631. The number of hydrogen-bond donors (Lipinski definition) is 1. The minimum Gasteiger partial charge on any atom is -0.357 e. The third-order valence-electron chi connectivity index (χ3n) is 4.12. The van der Waals surface area contributed by atoms with Crippen molar-refractivity contribution in [1.29, 1.82) is 0 Å². The average Bonchev–Trinajstić information content (AvgIpc) is 2.67. The van der Waals surface area contributed by atoms with Gasteiger partial charge in [0.15, 0.2) is 0 Å². The molecule has 0 aromatic heterocycles. The highest BCUT2D eigenvalue weighted by molar-refractivity contribution is 7.99. The lowest BCUT2D eigenvalue weighted by molar-refractivity contribution is -0.138. The Kier molecular flexibility index (Phi) is 8.13. The number of nitrogens with one attached hydrogen (secondary N) is 1. The summed E-state index contributed by atoms with van der Waals surface area (Å²) in [7, 11) is 1.53. The van der Waals surface area contributed by atoms with Gasteiger partial charge < -0.3 is 10.2 Å². The van der Waals surface area contributed by atoms with E-state index in [4.69, 9.17) is 11.6 Å². The number of carbonyl (C=O) groups excluding carboxylic acids is 2. The predicted molar refractivity (Wildman–Crippen MR) is 108 cm³/mol. The second-order valence-corrected chi connectivity index (χ2v) is 7.42. The summed E-state index contributed by atoms with van der Waals surface area (Å²) in [6, 6.07) is 12.8. The van der Waals surface area contributed by atoms with E-state index in [1.54, 1.807) is 19.1 Å². The molecule has 0 aliphatic carbocycles. The maximum atomic E-state index is 13.1. The number of likely N-dealkylation sites (N-methyl/N-ethyl adjacent to an activating group) is 1. The van der Waals surface area contributed by atoms with E-state index in [-0.39, 0.29) is 29.9 Å². The molecule has 0 fully saturated rings. The molecular formula is C20H22ClFN2O2S. The van der Waals surface area contributed by atoms with Gasteiger partial charge in [-0.2, -0.15) is 0 Å². The van der Waals surface area contributed by atoms with Crippen LogP contribution in [0, 0.1) is 5.82 Å². The molecule has 0 radical (unpaired) electrons. The standard InChI is InChI=1S/C20H22ClFN2O2S/c1-14(20(26)23-2)24(11-15-7-9-17(22)10-8-15)19(25)13-27-12-16-5-3-4-6-18(16)21/h3-10,14H,11-13H2,1-2H3,(H,23,26)/t14-/m0/s1. The molecule has 4 nitrogen and oxygen atoms in total. The van der Waals surface area contributed by atoms with Crippen LogP contribution in [0.25, 0.3) is 0 Å². The largest absolute Gasteiger partial charge is 0.357 e. The Morgan fingerprint density at radius 2 is 1.85 bits per heavy atom. The Balaban J connectivity index is 2.04. The molecule has 0 unspecified atom stereocenters. The highest BCUT2D eigenvalue weighted by Crippen LogP contribution is 2.21.